The molecule has 0 saturated heterocycles. The van der Waals surface area contributed by atoms with E-state index in [0.29, 0.717) is 12.4 Å². The molecular formula is C12H16O3. The zero-order chi connectivity index (χ0) is 10.9. The molecule has 3 heteroatoms. The van der Waals surface area contributed by atoms with Gasteiger partial charge in [-0.1, -0.05) is 26.0 Å². The monoisotopic (exact) mass is 208 g/mol. The molecular weight excluding hydrogens is 192 g/mol. The maximum Gasteiger partial charge on any atom is 0.168 e. The SMILES string of the molecule is CC(C)[C@@]1(CO)COc2ccccc2O1. The molecule has 0 aliphatic carbocycles. The minimum absolute atomic E-state index is 0.0288. The van der Waals surface area contributed by atoms with E-state index in [-0.39, 0.29) is 12.5 Å². The number of aliphatic hydroxyl groups is 1. The second-order valence-corrected chi connectivity index (χ2v) is 4.22. The van der Waals surface area contributed by atoms with Crippen molar-refractivity contribution >= 4 is 0 Å². The molecule has 0 fully saturated rings. The van der Waals surface area contributed by atoms with Gasteiger partial charge in [0, 0.05) is 0 Å². The Morgan fingerprint density at radius 3 is 2.60 bits per heavy atom. The summed E-state index contributed by atoms with van der Waals surface area (Å²) in [6.07, 6.45) is 0. The Hall–Kier alpha value is -1.22. The molecule has 1 aromatic carbocycles. The summed E-state index contributed by atoms with van der Waals surface area (Å²) in [6.45, 7) is 4.41. The van der Waals surface area contributed by atoms with Gasteiger partial charge in [-0.2, -0.15) is 0 Å². The first kappa shape index (κ1) is 10.3. The fraction of sp³-hybridized carbons (Fsp3) is 0.500. The summed E-state index contributed by atoms with van der Waals surface area (Å²) in [6, 6.07) is 7.54. The largest absolute Gasteiger partial charge is 0.485 e. The van der Waals surface area contributed by atoms with Gasteiger partial charge in [-0.05, 0) is 18.1 Å². The summed E-state index contributed by atoms with van der Waals surface area (Å²) >= 11 is 0. The van der Waals surface area contributed by atoms with Crippen molar-refractivity contribution in [1.82, 2.24) is 0 Å². The Balaban J connectivity index is 2.31. The zero-order valence-corrected chi connectivity index (χ0v) is 9.06. The highest BCUT2D eigenvalue weighted by atomic mass is 16.6. The highest BCUT2D eigenvalue weighted by molar-refractivity contribution is 5.41. The number of ether oxygens (including phenoxy) is 2. The van der Waals surface area contributed by atoms with Crippen molar-refractivity contribution in [1.29, 1.82) is 0 Å². The van der Waals surface area contributed by atoms with Gasteiger partial charge in [-0.15, -0.1) is 0 Å². The van der Waals surface area contributed by atoms with Crippen molar-refractivity contribution in [3.63, 3.8) is 0 Å². The molecule has 1 atom stereocenters. The Bertz CT molecular complexity index is 348. The molecule has 0 spiro atoms. The predicted octanol–water partition coefficient (Wildman–Crippen LogP) is 1.84. The highest BCUT2D eigenvalue weighted by Gasteiger charge is 2.40. The maximum atomic E-state index is 9.43. The summed E-state index contributed by atoms with van der Waals surface area (Å²) in [5.41, 5.74) is -0.603. The molecule has 1 aromatic rings. The molecule has 3 nitrogen and oxygen atoms in total. The number of benzene rings is 1. The Labute approximate surface area is 89.6 Å². The van der Waals surface area contributed by atoms with Gasteiger partial charge in [0.15, 0.2) is 17.1 Å². The second kappa shape index (κ2) is 3.74. The average Bonchev–Trinajstić information content (AvgIpc) is 2.28. The van der Waals surface area contributed by atoms with E-state index in [1.807, 2.05) is 38.1 Å². The van der Waals surface area contributed by atoms with Gasteiger partial charge in [-0.25, -0.2) is 0 Å². The van der Waals surface area contributed by atoms with E-state index < -0.39 is 5.60 Å². The van der Waals surface area contributed by atoms with E-state index in [1.54, 1.807) is 0 Å². The summed E-state index contributed by atoms with van der Waals surface area (Å²) in [7, 11) is 0. The molecule has 82 valence electrons. The van der Waals surface area contributed by atoms with Crippen molar-refractivity contribution in [2.45, 2.75) is 19.4 Å². The third-order valence-electron chi connectivity index (χ3n) is 2.95. The lowest BCUT2D eigenvalue weighted by Gasteiger charge is -2.39. The van der Waals surface area contributed by atoms with Crippen LogP contribution < -0.4 is 9.47 Å². The summed E-state index contributed by atoms with van der Waals surface area (Å²) in [5, 5.41) is 9.43. The quantitative estimate of drug-likeness (QED) is 0.806. The number of rotatable bonds is 2. The van der Waals surface area contributed by atoms with Crippen LogP contribution in [0.5, 0.6) is 11.5 Å². The third kappa shape index (κ3) is 1.67. The van der Waals surface area contributed by atoms with Crippen LogP contribution >= 0.6 is 0 Å². The van der Waals surface area contributed by atoms with Gasteiger partial charge < -0.3 is 14.6 Å². The topological polar surface area (TPSA) is 38.7 Å². The number of fused-ring (bicyclic) bond motifs is 1. The van der Waals surface area contributed by atoms with E-state index in [2.05, 4.69) is 0 Å². The molecule has 0 amide bonds. The van der Waals surface area contributed by atoms with Gasteiger partial charge in [0.1, 0.15) is 6.61 Å². The number of hydrogen-bond acceptors (Lipinski definition) is 3. The minimum Gasteiger partial charge on any atom is -0.485 e. The van der Waals surface area contributed by atoms with Gasteiger partial charge in [0.05, 0.1) is 6.61 Å². The molecule has 15 heavy (non-hydrogen) atoms. The maximum absolute atomic E-state index is 9.43. The van der Waals surface area contributed by atoms with Crippen molar-refractivity contribution in [2.24, 2.45) is 5.92 Å². The van der Waals surface area contributed by atoms with Gasteiger partial charge in [-0.3, -0.25) is 0 Å². The lowest BCUT2D eigenvalue weighted by Crippen LogP contribution is -2.52. The van der Waals surface area contributed by atoms with Gasteiger partial charge in [0.25, 0.3) is 0 Å². The predicted molar refractivity (Wildman–Crippen MR) is 57.2 cm³/mol. The highest BCUT2D eigenvalue weighted by Crippen LogP contribution is 2.37. The molecule has 0 bridgehead atoms. The fourth-order valence-corrected chi connectivity index (χ4v) is 1.65. The first-order chi connectivity index (χ1) is 7.18. The average molecular weight is 208 g/mol. The van der Waals surface area contributed by atoms with Crippen LogP contribution in [0.3, 0.4) is 0 Å². The summed E-state index contributed by atoms with van der Waals surface area (Å²) in [5.74, 6) is 1.67. The molecule has 1 N–H and O–H groups in total. The minimum atomic E-state index is -0.603. The van der Waals surface area contributed by atoms with Crippen LogP contribution in [-0.2, 0) is 0 Å². The van der Waals surface area contributed by atoms with Crippen LogP contribution in [0.25, 0.3) is 0 Å². The summed E-state index contributed by atoms with van der Waals surface area (Å²) in [4.78, 5) is 0. The Morgan fingerprint density at radius 2 is 2.00 bits per heavy atom. The summed E-state index contributed by atoms with van der Waals surface area (Å²) < 4.78 is 11.5. The van der Waals surface area contributed by atoms with E-state index in [4.69, 9.17) is 9.47 Å². The molecule has 1 heterocycles. The lowest BCUT2D eigenvalue weighted by molar-refractivity contribution is -0.0777. The Morgan fingerprint density at radius 1 is 1.33 bits per heavy atom. The van der Waals surface area contributed by atoms with E-state index in [1.165, 1.54) is 0 Å². The van der Waals surface area contributed by atoms with Gasteiger partial charge in [0.2, 0.25) is 0 Å². The van der Waals surface area contributed by atoms with E-state index in [0.717, 1.165) is 5.75 Å². The molecule has 1 aliphatic rings. The van der Waals surface area contributed by atoms with Crippen molar-refractivity contribution < 1.29 is 14.6 Å². The van der Waals surface area contributed by atoms with Crippen molar-refractivity contribution in [2.75, 3.05) is 13.2 Å². The number of para-hydroxylation sites is 2. The normalized spacial score (nSPS) is 24.3. The fourth-order valence-electron chi connectivity index (χ4n) is 1.65. The zero-order valence-electron chi connectivity index (χ0n) is 9.06. The number of aliphatic hydroxyl groups excluding tert-OH is 1. The van der Waals surface area contributed by atoms with Crippen LogP contribution in [0.2, 0.25) is 0 Å². The van der Waals surface area contributed by atoms with E-state index in [9.17, 15) is 5.11 Å². The van der Waals surface area contributed by atoms with Crippen molar-refractivity contribution in [3.05, 3.63) is 24.3 Å². The first-order valence-corrected chi connectivity index (χ1v) is 5.20. The molecule has 0 aromatic heterocycles. The van der Waals surface area contributed by atoms with Crippen LogP contribution in [0, 0.1) is 5.92 Å². The smallest absolute Gasteiger partial charge is 0.168 e. The molecule has 2 rings (SSSR count). The van der Waals surface area contributed by atoms with Crippen LogP contribution in [0.15, 0.2) is 24.3 Å². The Kier molecular flexibility index (Phi) is 2.57. The van der Waals surface area contributed by atoms with Crippen LogP contribution in [0.4, 0.5) is 0 Å². The standard InChI is InChI=1S/C12H16O3/c1-9(2)12(7-13)8-14-10-5-3-4-6-11(10)15-12/h3-6,9,13H,7-8H2,1-2H3/t12-/m1/s1. The molecule has 0 radical (unpaired) electrons. The first-order valence-electron chi connectivity index (χ1n) is 5.20. The van der Waals surface area contributed by atoms with E-state index >= 15 is 0 Å². The van der Waals surface area contributed by atoms with Crippen LogP contribution in [-0.4, -0.2) is 23.9 Å². The number of hydrogen-bond donors (Lipinski definition) is 1. The third-order valence-corrected chi connectivity index (χ3v) is 2.95. The van der Waals surface area contributed by atoms with Crippen LogP contribution in [0.1, 0.15) is 13.8 Å². The lowest BCUT2D eigenvalue weighted by atomic mass is 9.91. The second-order valence-electron chi connectivity index (χ2n) is 4.22. The molecule has 1 aliphatic heterocycles. The van der Waals surface area contributed by atoms with Crippen molar-refractivity contribution in [3.8, 4) is 11.5 Å². The molecule has 0 unspecified atom stereocenters. The van der Waals surface area contributed by atoms with Gasteiger partial charge >= 0.3 is 0 Å². The molecule has 0 saturated carbocycles.